The maximum absolute atomic E-state index is 11.3. The van der Waals surface area contributed by atoms with E-state index in [-0.39, 0.29) is 12.3 Å². The summed E-state index contributed by atoms with van der Waals surface area (Å²) in [5.74, 6) is -0.0153. The summed E-state index contributed by atoms with van der Waals surface area (Å²) in [5.41, 5.74) is 5.97. The van der Waals surface area contributed by atoms with Gasteiger partial charge in [0, 0.05) is 10.5 Å². The van der Waals surface area contributed by atoms with Crippen LogP contribution in [0.25, 0.3) is 0 Å². The minimum absolute atomic E-state index is 0.0153. The van der Waals surface area contributed by atoms with Crippen molar-refractivity contribution in [2.24, 2.45) is 5.73 Å². The Bertz CT molecular complexity index is 346. The third kappa shape index (κ3) is 2.59. The smallest absolute Gasteiger partial charge is 0.176 e. The van der Waals surface area contributed by atoms with Crippen LogP contribution in [0.15, 0.2) is 29.2 Å². The van der Waals surface area contributed by atoms with Crippen LogP contribution < -0.4 is 5.73 Å². The van der Waals surface area contributed by atoms with E-state index in [0.717, 1.165) is 13.2 Å². The first-order valence-electron chi connectivity index (χ1n) is 4.87. The van der Waals surface area contributed by atoms with Crippen molar-refractivity contribution in [1.29, 1.82) is 0 Å². The van der Waals surface area contributed by atoms with Crippen molar-refractivity contribution in [3.63, 3.8) is 0 Å². The lowest BCUT2D eigenvalue weighted by Crippen LogP contribution is -2.29. The number of benzene rings is 1. The van der Waals surface area contributed by atoms with Gasteiger partial charge in [0.2, 0.25) is 0 Å². The molecule has 0 radical (unpaired) electrons. The van der Waals surface area contributed by atoms with Crippen LogP contribution in [0.1, 0.15) is 10.4 Å². The molecule has 0 aliphatic carbocycles. The summed E-state index contributed by atoms with van der Waals surface area (Å²) in [7, 11) is 0. The minimum Gasteiger partial charge on any atom is -0.379 e. The van der Waals surface area contributed by atoms with Gasteiger partial charge < -0.3 is 10.5 Å². The first kappa shape index (κ1) is 10.7. The van der Waals surface area contributed by atoms with Crippen LogP contribution in [0, 0.1) is 0 Å². The SMILES string of the molecule is NCC(=O)c1ccc(SC2COC2)cc1. The number of hydrogen-bond donors (Lipinski definition) is 1. The van der Waals surface area contributed by atoms with Gasteiger partial charge in [-0.05, 0) is 12.1 Å². The molecule has 0 unspecified atom stereocenters. The molecule has 1 saturated heterocycles. The number of thioether (sulfide) groups is 1. The van der Waals surface area contributed by atoms with Gasteiger partial charge in [-0.25, -0.2) is 0 Å². The second kappa shape index (κ2) is 4.79. The molecule has 15 heavy (non-hydrogen) atoms. The van der Waals surface area contributed by atoms with E-state index in [9.17, 15) is 4.79 Å². The monoisotopic (exact) mass is 223 g/mol. The highest BCUT2D eigenvalue weighted by atomic mass is 32.2. The highest BCUT2D eigenvalue weighted by molar-refractivity contribution is 8.00. The predicted octanol–water partition coefficient (Wildman–Crippen LogP) is 1.32. The number of ketones is 1. The third-order valence-electron chi connectivity index (χ3n) is 2.27. The van der Waals surface area contributed by atoms with Crippen molar-refractivity contribution in [3.8, 4) is 0 Å². The Hall–Kier alpha value is -0.840. The Morgan fingerprint density at radius 3 is 2.53 bits per heavy atom. The van der Waals surface area contributed by atoms with Crippen LogP contribution in [-0.2, 0) is 4.74 Å². The molecule has 1 aromatic carbocycles. The van der Waals surface area contributed by atoms with Crippen LogP contribution in [0.2, 0.25) is 0 Å². The molecule has 0 saturated carbocycles. The number of Topliss-reactive ketones (excluding diaryl/α,β-unsaturated/α-hetero) is 1. The zero-order valence-electron chi connectivity index (χ0n) is 8.31. The molecule has 0 amide bonds. The summed E-state index contributed by atoms with van der Waals surface area (Å²) in [5, 5.41) is 0.570. The van der Waals surface area contributed by atoms with E-state index in [2.05, 4.69) is 0 Å². The molecule has 0 spiro atoms. The van der Waals surface area contributed by atoms with Crippen LogP contribution in [0.3, 0.4) is 0 Å². The highest BCUT2D eigenvalue weighted by Gasteiger charge is 2.19. The first-order valence-corrected chi connectivity index (χ1v) is 5.75. The molecular weight excluding hydrogens is 210 g/mol. The van der Waals surface area contributed by atoms with E-state index >= 15 is 0 Å². The van der Waals surface area contributed by atoms with E-state index in [1.165, 1.54) is 4.90 Å². The van der Waals surface area contributed by atoms with Gasteiger partial charge in [-0.15, -0.1) is 11.8 Å². The third-order valence-corrected chi connectivity index (χ3v) is 3.42. The Morgan fingerprint density at radius 2 is 2.07 bits per heavy atom. The van der Waals surface area contributed by atoms with Gasteiger partial charge in [0.15, 0.2) is 5.78 Å². The fraction of sp³-hybridized carbons (Fsp3) is 0.364. The Morgan fingerprint density at radius 1 is 1.40 bits per heavy atom. The van der Waals surface area contributed by atoms with E-state index < -0.39 is 0 Å². The normalized spacial score (nSPS) is 16.1. The molecule has 0 atom stereocenters. The standard InChI is InChI=1S/C11H13NO2S/c12-5-11(13)8-1-3-9(4-2-8)15-10-6-14-7-10/h1-4,10H,5-7,12H2. The molecular formula is C11H13NO2S. The lowest BCUT2D eigenvalue weighted by molar-refractivity contribution is 0.0455. The average Bonchev–Trinajstić information content (AvgIpc) is 2.23. The molecule has 80 valence electrons. The van der Waals surface area contributed by atoms with Crippen molar-refractivity contribution in [2.75, 3.05) is 19.8 Å². The van der Waals surface area contributed by atoms with Gasteiger partial charge in [-0.1, -0.05) is 12.1 Å². The Kier molecular flexibility index (Phi) is 3.41. The minimum atomic E-state index is -0.0153. The molecule has 1 aromatic rings. The van der Waals surface area contributed by atoms with Crippen molar-refractivity contribution in [2.45, 2.75) is 10.1 Å². The van der Waals surface area contributed by atoms with E-state index in [0.29, 0.717) is 10.8 Å². The molecule has 1 aliphatic heterocycles. The second-order valence-corrected chi connectivity index (χ2v) is 4.80. The zero-order valence-corrected chi connectivity index (χ0v) is 9.13. The number of hydrogen-bond acceptors (Lipinski definition) is 4. The van der Waals surface area contributed by atoms with Crippen molar-refractivity contribution in [1.82, 2.24) is 0 Å². The lowest BCUT2D eigenvalue weighted by atomic mass is 10.1. The quantitative estimate of drug-likeness (QED) is 0.782. The molecule has 1 fully saturated rings. The number of rotatable bonds is 4. The summed E-state index contributed by atoms with van der Waals surface area (Å²) in [6, 6.07) is 7.59. The van der Waals surface area contributed by atoms with Gasteiger partial charge in [-0.3, -0.25) is 4.79 Å². The van der Waals surface area contributed by atoms with Crippen LogP contribution in [0.4, 0.5) is 0 Å². The van der Waals surface area contributed by atoms with Gasteiger partial charge in [0.25, 0.3) is 0 Å². The number of carbonyl (C=O) groups is 1. The molecule has 3 nitrogen and oxygen atoms in total. The molecule has 4 heteroatoms. The summed E-state index contributed by atoms with van der Waals surface area (Å²) >= 11 is 1.79. The zero-order chi connectivity index (χ0) is 10.7. The fourth-order valence-electron chi connectivity index (χ4n) is 1.31. The largest absolute Gasteiger partial charge is 0.379 e. The first-order chi connectivity index (χ1) is 7.29. The van der Waals surface area contributed by atoms with E-state index in [1.54, 1.807) is 11.8 Å². The van der Waals surface area contributed by atoms with Crippen molar-refractivity contribution >= 4 is 17.5 Å². The summed E-state index contributed by atoms with van der Waals surface area (Å²) in [6.45, 7) is 1.73. The van der Waals surface area contributed by atoms with Crippen molar-refractivity contribution < 1.29 is 9.53 Å². The average molecular weight is 223 g/mol. The number of carbonyl (C=O) groups excluding carboxylic acids is 1. The molecule has 2 N–H and O–H groups in total. The van der Waals surface area contributed by atoms with Gasteiger partial charge in [0.05, 0.1) is 25.0 Å². The second-order valence-electron chi connectivity index (χ2n) is 3.43. The van der Waals surface area contributed by atoms with Gasteiger partial charge >= 0.3 is 0 Å². The number of ether oxygens (including phenoxy) is 1. The fourth-order valence-corrected chi connectivity index (χ4v) is 2.32. The number of nitrogens with two attached hydrogens (primary N) is 1. The summed E-state index contributed by atoms with van der Waals surface area (Å²) in [4.78, 5) is 12.4. The summed E-state index contributed by atoms with van der Waals surface area (Å²) < 4.78 is 5.09. The maximum Gasteiger partial charge on any atom is 0.176 e. The summed E-state index contributed by atoms with van der Waals surface area (Å²) in [6.07, 6.45) is 0. The Balaban J connectivity index is 1.99. The van der Waals surface area contributed by atoms with Crippen LogP contribution >= 0.6 is 11.8 Å². The molecule has 1 heterocycles. The van der Waals surface area contributed by atoms with Crippen LogP contribution in [-0.4, -0.2) is 30.8 Å². The van der Waals surface area contributed by atoms with Crippen molar-refractivity contribution in [3.05, 3.63) is 29.8 Å². The molecule has 2 rings (SSSR count). The Labute approximate surface area is 93.0 Å². The topological polar surface area (TPSA) is 52.3 Å². The highest BCUT2D eigenvalue weighted by Crippen LogP contribution is 2.27. The van der Waals surface area contributed by atoms with Crippen LogP contribution in [0.5, 0.6) is 0 Å². The van der Waals surface area contributed by atoms with Gasteiger partial charge in [-0.2, -0.15) is 0 Å². The molecule has 0 bridgehead atoms. The van der Waals surface area contributed by atoms with E-state index in [4.69, 9.17) is 10.5 Å². The maximum atomic E-state index is 11.3. The van der Waals surface area contributed by atoms with E-state index in [1.807, 2.05) is 24.3 Å². The molecule has 1 aliphatic rings. The lowest BCUT2D eigenvalue weighted by Gasteiger charge is -2.25. The molecule has 0 aromatic heterocycles. The van der Waals surface area contributed by atoms with Gasteiger partial charge in [0.1, 0.15) is 0 Å². The predicted molar refractivity (Wildman–Crippen MR) is 60.3 cm³/mol.